The second-order valence-electron chi connectivity index (χ2n) is 3.30. The zero-order chi connectivity index (χ0) is 8.55. The van der Waals surface area contributed by atoms with Crippen LogP contribution in [0, 0.1) is 0 Å². The van der Waals surface area contributed by atoms with Crippen LogP contribution >= 0.6 is 8.20 Å². The van der Waals surface area contributed by atoms with Gasteiger partial charge in [0, 0.05) is 0 Å². The first kappa shape index (κ1) is 8.01. The van der Waals surface area contributed by atoms with E-state index in [1.807, 2.05) is 0 Å². The second-order valence-corrected chi connectivity index (χ2v) is 4.36. The summed E-state index contributed by atoms with van der Waals surface area (Å²) in [5.41, 5.74) is 4.45. The molecule has 2 rings (SSSR count). The molecule has 0 aromatic carbocycles. The Kier molecular flexibility index (Phi) is 2.02. The number of allylic oxidation sites excluding steroid dienone is 6. The van der Waals surface area contributed by atoms with Gasteiger partial charge in [0.1, 0.15) is 0 Å². The fourth-order valence-electron chi connectivity index (χ4n) is 1.75. The molecule has 0 amide bonds. The highest BCUT2D eigenvalue weighted by atomic mass is 31.1. The predicted octanol–water partition coefficient (Wildman–Crippen LogP) is 3.69. The molecule has 0 aromatic heterocycles. The lowest BCUT2D eigenvalue weighted by atomic mass is 10.0. The molecule has 0 bridgehead atoms. The summed E-state index contributed by atoms with van der Waals surface area (Å²) in [6, 6.07) is 0. The molecule has 0 saturated heterocycles. The Labute approximate surface area is 75.5 Å². The Morgan fingerprint density at radius 3 is 2.92 bits per heavy atom. The van der Waals surface area contributed by atoms with Crippen LogP contribution in [0.15, 0.2) is 34.2 Å². The van der Waals surface area contributed by atoms with Crippen LogP contribution < -0.4 is 0 Å². The molecule has 1 heteroatoms. The molecule has 2 aliphatic rings. The standard InChI is InChI=1S/C11H13P/c1-3-4-10-11-8(2)5-6-9(11)7-12-10/h5-7H,3-4H2,1-2H3. The van der Waals surface area contributed by atoms with Crippen LogP contribution in [0.1, 0.15) is 26.7 Å². The highest BCUT2D eigenvalue weighted by molar-refractivity contribution is 7.44. The molecule has 0 atom stereocenters. The molecule has 0 N–H and O–H groups in total. The van der Waals surface area contributed by atoms with E-state index in [0.717, 1.165) is 0 Å². The molecule has 62 valence electrons. The summed E-state index contributed by atoms with van der Waals surface area (Å²) in [5, 5.41) is 1.62. The molecule has 1 aliphatic carbocycles. The number of fused-ring (bicyclic) bond motifs is 1. The Hall–Kier alpha value is -0.610. The van der Waals surface area contributed by atoms with E-state index in [1.165, 1.54) is 32.2 Å². The van der Waals surface area contributed by atoms with Crippen molar-refractivity contribution in [2.75, 3.05) is 0 Å². The minimum Gasteiger partial charge on any atom is -0.0716 e. The van der Waals surface area contributed by atoms with E-state index < -0.39 is 0 Å². The largest absolute Gasteiger partial charge is 0.0716 e. The van der Waals surface area contributed by atoms with E-state index >= 15 is 0 Å². The van der Waals surface area contributed by atoms with E-state index in [9.17, 15) is 0 Å². The van der Waals surface area contributed by atoms with Gasteiger partial charge in [-0.2, -0.15) is 0 Å². The first-order chi connectivity index (χ1) is 5.83. The third-order valence-electron chi connectivity index (χ3n) is 2.33. The summed E-state index contributed by atoms with van der Waals surface area (Å²) >= 11 is 0. The van der Waals surface area contributed by atoms with Crippen molar-refractivity contribution in [3.8, 4) is 0 Å². The Morgan fingerprint density at radius 2 is 2.17 bits per heavy atom. The van der Waals surface area contributed by atoms with Crippen LogP contribution in [0.3, 0.4) is 0 Å². The zero-order valence-corrected chi connectivity index (χ0v) is 8.49. The summed E-state index contributed by atoms with van der Waals surface area (Å²) in [5.74, 6) is 2.33. The summed E-state index contributed by atoms with van der Waals surface area (Å²) in [6.07, 6.45) is 6.99. The lowest BCUT2D eigenvalue weighted by Gasteiger charge is -2.02. The molecular weight excluding hydrogens is 163 g/mol. The van der Waals surface area contributed by atoms with Crippen molar-refractivity contribution in [3.63, 3.8) is 0 Å². The van der Waals surface area contributed by atoms with E-state index in [-0.39, 0.29) is 0 Å². The maximum absolute atomic E-state index is 2.33. The molecule has 0 spiro atoms. The van der Waals surface area contributed by atoms with Crippen LogP contribution in [-0.4, -0.2) is 5.80 Å². The second kappa shape index (κ2) is 3.03. The van der Waals surface area contributed by atoms with Gasteiger partial charge in [0.05, 0.1) is 0 Å². The minimum atomic E-state index is 1.26. The van der Waals surface area contributed by atoms with Gasteiger partial charge in [0.2, 0.25) is 0 Å². The molecule has 1 heterocycles. The normalized spacial score (nSPS) is 21.2. The molecule has 0 nitrogen and oxygen atoms in total. The van der Waals surface area contributed by atoms with Crippen molar-refractivity contribution in [2.24, 2.45) is 0 Å². The Balaban J connectivity index is 2.37. The third kappa shape index (κ3) is 1.11. The van der Waals surface area contributed by atoms with Gasteiger partial charge in [-0.3, -0.25) is 0 Å². The van der Waals surface area contributed by atoms with Crippen molar-refractivity contribution >= 4 is 14.0 Å². The smallest absolute Gasteiger partial charge is 0.00734 e. The van der Waals surface area contributed by atoms with Gasteiger partial charge in [-0.25, -0.2) is 0 Å². The Morgan fingerprint density at radius 1 is 1.33 bits per heavy atom. The van der Waals surface area contributed by atoms with E-state index in [4.69, 9.17) is 0 Å². The van der Waals surface area contributed by atoms with Crippen molar-refractivity contribution in [2.45, 2.75) is 26.7 Å². The lowest BCUT2D eigenvalue weighted by Crippen LogP contribution is -1.85. The van der Waals surface area contributed by atoms with Gasteiger partial charge >= 0.3 is 0 Å². The Bertz CT molecular complexity index is 327. The first-order valence-electron chi connectivity index (χ1n) is 4.49. The molecule has 0 radical (unpaired) electrons. The van der Waals surface area contributed by atoms with Gasteiger partial charge in [0.25, 0.3) is 0 Å². The summed E-state index contributed by atoms with van der Waals surface area (Å²) in [6.45, 7) is 4.46. The fraction of sp³-hybridized carbons (Fsp3) is 0.364. The summed E-state index contributed by atoms with van der Waals surface area (Å²) < 4.78 is 0. The van der Waals surface area contributed by atoms with Crippen LogP contribution in [0.4, 0.5) is 0 Å². The fourth-order valence-corrected chi connectivity index (χ4v) is 3.05. The average molecular weight is 176 g/mol. The maximum Gasteiger partial charge on any atom is -0.00734 e. The number of hydrogen-bond acceptors (Lipinski definition) is 0. The van der Waals surface area contributed by atoms with Gasteiger partial charge in [-0.15, -0.1) is 0 Å². The van der Waals surface area contributed by atoms with E-state index in [2.05, 4.69) is 31.8 Å². The van der Waals surface area contributed by atoms with Crippen LogP contribution in [-0.2, 0) is 0 Å². The zero-order valence-electron chi connectivity index (χ0n) is 7.59. The van der Waals surface area contributed by atoms with Crippen molar-refractivity contribution < 1.29 is 0 Å². The number of rotatable bonds is 2. The summed E-state index contributed by atoms with van der Waals surface area (Å²) in [7, 11) is 1.43. The van der Waals surface area contributed by atoms with Gasteiger partial charge < -0.3 is 0 Å². The minimum absolute atomic E-state index is 1.26. The highest BCUT2D eigenvalue weighted by Gasteiger charge is 2.18. The van der Waals surface area contributed by atoms with Gasteiger partial charge in [-0.1, -0.05) is 33.7 Å². The number of hydrogen-bond donors (Lipinski definition) is 0. The highest BCUT2D eigenvalue weighted by Crippen LogP contribution is 2.40. The van der Waals surface area contributed by atoms with Crippen molar-refractivity contribution in [1.29, 1.82) is 0 Å². The lowest BCUT2D eigenvalue weighted by molar-refractivity contribution is 0.941. The van der Waals surface area contributed by atoms with Crippen LogP contribution in [0.2, 0.25) is 0 Å². The SMILES string of the molecule is CCCC1=C2C(C)=CC=C2C=P1. The van der Waals surface area contributed by atoms with E-state index in [1.54, 1.807) is 10.9 Å². The molecule has 1 aliphatic heterocycles. The molecule has 0 fully saturated rings. The third-order valence-corrected chi connectivity index (χ3v) is 3.50. The topological polar surface area (TPSA) is 0 Å². The maximum atomic E-state index is 2.33. The summed E-state index contributed by atoms with van der Waals surface area (Å²) in [4.78, 5) is 0. The van der Waals surface area contributed by atoms with Crippen LogP contribution in [0.25, 0.3) is 0 Å². The van der Waals surface area contributed by atoms with Crippen LogP contribution in [0.5, 0.6) is 0 Å². The predicted molar refractivity (Wildman–Crippen MR) is 56.8 cm³/mol. The molecule has 0 unspecified atom stereocenters. The average Bonchev–Trinajstić information content (AvgIpc) is 2.58. The van der Waals surface area contributed by atoms with Crippen molar-refractivity contribution in [3.05, 3.63) is 34.2 Å². The monoisotopic (exact) mass is 176 g/mol. The molecular formula is C11H13P. The molecule has 0 aromatic rings. The van der Waals surface area contributed by atoms with Gasteiger partial charge in [-0.05, 0) is 41.2 Å². The van der Waals surface area contributed by atoms with E-state index in [0.29, 0.717) is 0 Å². The first-order valence-corrected chi connectivity index (χ1v) is 5.46. The van der Waals surface area contributed by atoms with Crippen molar-refractivity contribution in [1.82, 2.24) is 0 Å². The molecule has 0 saturated carbocycles. The van der Waals surface area contributed by atoms with Gasteiger partial charge in [0.15, 0.2) is 0 Å². The molecule has 12 heavy (non-hydrogen) atoms. The quantitative estimate of drug-likeness (QED) is 0.563.